The van der Waals surface area contributed by atoms with Crippen molar-refractivity contribution >= 4 is 40.1 Å². The first-order valence-corrected chi connectivity index (χ1v) is 8.17. The van der Waals surface area contributed by atoms with E-state index in [1.165, 1.54) is 0 Å². The van der Waals surface area contributed by atoms with Crippen LogP contribution in [0.5, 0.6) is 0 Å². The minimum Gasteiger partial charge on any atom is -0.466 e. The summed E-state index contributed by atoms with van der Waals surface area (Å²) in [6.07, 6.45) is 0.856. The SMILES string of the molecule is CCOC(=O)CC1(CCl)OCCc2c1[nH]c1ccc(Cl)cc21. The highest BCUT2D eigenvalue weighted by atomic mass is 35.5. The van der Waals surface area contributed by atoms with Gasteiger partial charge in [-0.05, 0) is 37.1 Å². The van der Waals surface area contributed by atoms with Gasteiger partial charge in [-0.2, -0.15) is 0 Å². The van der Waals surface area contributed by atoms with Gasteiger partial charge in [-0.1, -0.05) is 11.6 Å². The predicted molar refractivity (Wildman–Crippen MR) is 86.6 cm³/mol. The summed E-state index contributed by atoms with van der Waals surface area (Å²) in [5.41, 5.74) is 2.08. The first kappa shape index (κ1) is 15.7. The Hall–Kier alpha value is -1.23. The molecule has 0 bridgehead atoms. The minimum absolute atomic E-state index is 0.0951. The van der Waals surface area contributed by atoms with Crippen molar-refractivity contribution < 1.29 is 14.3 Å². The zero-order chi connectivity index (χ0) is 15.7. The lowest BCUT2D eigenvalue weighted by Crippen LogP contribution is -2.40. The van der Waals surface area contributed by atoms with Crippen LogP contribution >= 0.6 is 23.2 Å². The van der Waals surface area contributed by atoms with Crippen molar-refractivity contribution in [2.45, 2.75) is 25.4 Å². The van der Waals surface area contributed by atoms with E-state index in [4.69, 9.17) is 32.7 Å². The average Bonchev–Trinajstić information content (AvgIpc) is 2.87. The van der Waals surface area contributed by atoms with Crippen molar-refractivity contribution in [1.82, 2.24) is 4.98 Å². The second-order valence-corrected chi connectivity index (χ2v) is 6.08. The van der Waals surface area contributed by atoms with E-state index in [1.54, 1.807) is 6.92 Å². The number of rotatable bonds is 4. The Morgan fingerprint density at radius 3 is 3.05 bits per heavy atom. The van der Waals surface area contributed by atoms with Gasteiger partial charge in [0.2, 0.25) is 0 Å². The van der Waals surface area contributed by atoms with Gasteiger partial charge in [0.15, 0.2) is 0 Å². The number of alkyl halides is 1. The topological polar surface area (TPSA) is 51.3 Å². The van der Waals surface area contributed by atoms with Crippen LogP contribution in [0.4, 0.5) is 0 Å². The van der Waals surface area contributed by atoms with Gasteiger partial charge in [-0.3, -0.25) is 4.79 Å². The molecule has 0 fully saturated rings. The number of hydrogen-bond donors (Lipinski definition) is 1. The van der Waals surface area contributed by atoms with Gasteiger partial charge in [0, 0.05) is 15.9 Å². The Morgan fingerprint density at radius 2 is 2.32 bits per heavy atom. The fraction of sp³-hybridized carbons (Fsp3) is 0.438. The van der Waals surface area contributed by atoms with E-state index in [0.717, 1.165) is 28.6 Å². The van der Waals surface area contributed by atoms with Gasteiger partial charge in [-0.15, -0.1) is 11.6 Å². The second-order valence-electron chi connectivity index (χ2n) is 5.38. The molecule has 1 unspecified atom stereocenters. The highest BCUT2D eigenvalue weighted by Crippen LogP contribution is 2.40. The number of hydrogen-bond acceptors (Lipinski definition) is 3. The molecule has 1 aliphatic rings. The van der Waals surface area contributed by atoms with Gasteiger partial charge in [0.05, 0.1) is 31.2 Å². The van der Waals surface area contributed by atoms with Gasteiger partial charge in [0.25, 0.3) is 0 Å². The van der Waals surface area contributed by atoms with Crippen LogP contribution in [0.25, 0.3) is 10.9 Å². The summed E-state index contributed by atoms with van der Waals surface area (Å²) in [5, 5.41) is 1.74. The van der Waals surface area contributed by atoms with Crippen LogP contribution in [0.3, 0.4) is 0 Å². The number of aromatic amines is 1. The number of carbonyl (C=O) groups excluding carboxylic acids is 1. The van der Waals surface area contributed by atoms with Crippen LogP contribution in [0.2, 0.25) is 5.02 Å². The number of ether oxygens (including phenoxy) is 2. The van der Waals surface area contributed by atoms with E-state index >= 15 is 0 Å². The van der Waals surface area contributed by atoms with Crippen LogP contribution in [-0.4, -0.2) is 30.0 Å². The molecule has 0 spiro atoms. The highest BCUT2D eigenvalue weighted by molar-refractivity contribution is 6.31. The Balaban J connectivity index is 2.09. The van der Waals surface area contributed by atoms with Crippen molar-refractivity contribution in [3.8, 4) is 0 Å². The zero-order valence-electron chi connectivity index (χ0n) is 12.2. The molecule has 2 heterocycles. The predicted octanol–water partition coefficient (Wildman–Crippen LogP) is 3.78. The number of benzene rings is 1. The number of H-pyrrole nitrogens is 1. The molecule has 1 aromatic carbocycles. The third-order valence-electron chi connectivity index (χ3n) is 4.01. The molecular formula is C16H17Cl2NO3. The van der Waals surface area contributed by atoms with Gasteiger partial charge < -0.3 is 14.5 Å². The summed E-state index contributed by atoms with van der Waals surface area (Å²) >= 11 is 12.3. The molecule has 22 heavy (non-hydrogen) atoms. The molecule has 1 aliphatic heterocycles. The first-order chi connectivity index (χ1) is 10.6. The zero-order valence-corrected chi connectivity index (χ0v) is 13.8. The maximum atomic E-state index is 12.0. The fourth-order valence-electron chi connectivity index (χ4n) is 3.03. The van der Waals surface area contributed by atoms with Gasteiger partial charge >= 0.3 is 5.97 Å². The van der Waals surface area contributed by atoms with Crippen molar-refractivity contribution in [3.05, 3.63) is 34.5 Å². The molecule has 2 aromatic rings. The molecule has 0 saturated heterocycles. The lowest BCUT2D eigenvalue weighted by Gasteiger charge is -2.35. The maximum absolute atomic E-state index is 12.0. The third-order valence-corrected chi connectivity index (χ3v) is 4.67. The average molecular weight is 342 g/mol. The molecule has 3 rings (SSSR count). The number of carbonyl (C=O) groups is 1. The molecule has 1 N–H and O–H groups in total. The number of fused-ring (bicyclic) bond motifs is 3. The smallest absolute Gasteiger partial charge is 0.309 e. The number of esters is 1. The second kappa shape index (κ2) is 6.11. The van der Waals surface area contributed by atoms with E-state index in [2.05, 4.69) is 4.98 Å². The Kier molecular flexibility index (Phi) is 4.35. The molecule has 1 atom stereocenters. The van der Waals surface area contributed by atoms with Crippen LogP contribution in [0, 0.1) is 0 Å². The van der Waals surface area contributed by atoms with Crippen LogP contribution in [0.1, 0.15) is 24.6 Å². The fourth-order valence-corrected chi connectivity index (χ4v) is 3.50. The van der Waals surface area contributed by atoms with Gasteiger partial charge in [-0.25, -0.2) is 0 Å². The summed E-state index contributed by atoms with van der Waals surface area (Å²) in [6, 6.07) is 5.70. The van der Waals surface area contributed by atoms with E-state index in [1.807, 2.05) is 18.2 Å². The van der Waals surface area contributed by atoms with Crippen molar-refractivity contribution in [2.75, 3.05) is 19.1 Å². The third kappa shape index (κ3) is 2.60. The number of halogens is 2. The van der Waals surface area contributed by atoms with Crippen LogP contribution < -0.4 is 0 Å². The summed E-state index contributed by atoms with van der Waals surface area (Å²) < 4.78 is 11.0. The van der Waals surface area contributed by atoms with Gasteiger partial charge in [0.1, 0.15) is 5.60 Å². The first-order valence-electron chi connectivity index (χ1n) is 7.26. The van der Waals surface area contributed by atoms with E-state index < -0.39 is 5.60 Å². The monoisotopic (exact) mass is 341 g/mol. The molecule has 4 nitrogen and oxygen atoms in total. The van der Waals surface area contributed by atoms with Crippen LogP contribution in [-0.2, 0) is 26.3 Å². The normalized spacial score (nSPS) is 20.9. The minimum atomic E-state index is -0.868. The summed E-state index contributed by atoms with van der Waals surface area (Å²) in [4.78, 5) is 15.3. The molecule has 0 amide bonds. The molecule has 6 heteroatoms. The molecule has 0 saturated carbocycles. The van der Waals surface area contributed by atoms with E-state index in [9.17, 15) is 4.79 Å². The summed E-state index contributed by atoms with van der Waals surface area (Å²) in [7, 11) is 0. The Bertz CT molecular complexity index is 713. The Morgan fingerprint density at radius 1 is 1.50 bits per heavy atom. The molecular weight excluding hydrogens is 325 g/mol. The van der Waals surface area contributed by atoms with Crippen molar-refractivity contribution in [1.29, 1.82) is 0 Å². The van der Waals surface area contributed by atoms with Crippen molar-refractivity contribution in [2.24, 2.45) is 0 Å². The lowest BCUT2D eigenvalue weighted by molar-refractivity contribution is -0.152. The molecule has 0 aliphatic carbocycles. The quantitative estimate of drug-likeness (QED) is 0.680. The standard InChI is InChI=1S/C16H17Cl2NO3/c1-2-21-14(20)8-16(9-17)15-11(5-6-22-16)12-7-10(18)3-4-13(12)19-15/h3-4,7,19H,2,5-6,8-9H2,1H3. The summed E-state index contributed by atoms with van der Waals surface area (Å²) in [5.74, 6) is -0.132. The molecule has 1 aromatic heterocycles. The van der Waals surface area contributed by atoms with E-state index in [-0.39, 0.29) is 18.3 Å². The van der Waals surface area contributed by atoms with Crippen LogP contribution in [0.15, 0.2) is 18.2 Å². The lowest BCUT2D eigenvalue weighted by atomic mass is 9.90. The maximum Gasteiger partial charge on any atom is 0.309 e. The highest BCUT2D eigenvalue weighted by Gasteiger charge is 2.42. The number of nitrogens with one attached hydrogen (secondary N) is 1. The molecule has 0 radical (unpaired) electrons. The van der Waals surface area contributed by atoms with E-state index in [0.29, 0.717) is 18.2 Å². The molecule has 118 valence electrons. The largest absolute Gasteiger partial charge is 0.466 e. The van der Waals surface area contributed by atoms with Crippen molar-refractivity contribution in [3.63, 3.8) is 0 Å². The Labute approximate surface area is 138 Å². The number of aromatic nitrogens is 1. The summed E-state index contributed by atoms with van der Waals surface area (Å²) in [6.45, 7) is 2.63.